The van der Waals surface area contributed by atoms with E-state index in [-0.39, 0.29) is 5.78 Å². The summed E-state index contributed by atoms with van der Waals surface area (Å²) in [7, 11) is 0. The van der Waals surface area contributed by atoms with Crippen LogP contribution in [0, 0.1) is 6.92 Å². The molecule has 0 saturated carbocycles. The van der Waals surface area contributed by atoms with Gasteiger partial charge in [-0.25, -0.2) is 0 Å². The number of carbonyl (C=O) groups is 1. The maximum absolute atomic E-state index is 12.3. The molecule has 0 aliphatic heterocycles. The van der Waals surface area contributed by atoms with E-state index >= 15 is 0 Å². The van der Waals surface area contributed by atoms with Gasteiger partial charge in [0.2, 0.25) is 0 Å². The third-order valence-corrected chi connectivity index (χ3v) is 4.07. The van der Waals surface area contributed by atoms with Gasteiger partial charge in [-0.1, -0.05) is 12.1 Å². The van der Waals surface area contributed by atoms with Gasteiger partial charge in [-0.15, -0.1) is 0 Å². The zero-order valence-corrected chi connectivity index (χ0v) is 12.6. The SMILES string of the molecule is CCn1nc(C)c(Br)c1CC(=O)c1ccccc1N. The van der Waals surface area contributed by atoms with Crippen LogP contribution < -0.4 is 5.73 Å². The lowest BCUT2D eigenvalue weighted by atomic mass is 10.0. The van der Waals surface area contributed by atoms with Crippen LogP contribution in [-0.4, -0.2) is 15.6 Å². The minimum atomic E-state index is 0.00778. The first kappa shape index (κ1) is 13.8. The Morgan fingerprint density at radius 3 is 2.74 bits per heavy atom. The van der Waals surface area contributed by atoms with Crippen molar-refractivity contribution in [2.45, 2.75) is 26.8 Å². The van der Waals surface area contributed by atoms with Crippen LogP contribution in [0.5, 0.6) is 0 Å². The minimum Gasteiger partial charge on any atom is -0.398 e. The van der Waals surface area contributed by atoms with Gasteiger partial charge in [0.05, 0.1) is 22.3 Å². The zero-order valence-electron chi connectivity index (χ0n) is 11.0. The second-order valence-corrected chi connectivity index (χ2v) is 5.14. The van der Waals surface area contributed by atoms with Crippen molar-refractivity contribution in [2.75, 3.05) is 5.73 Å². The Balaban J connectivity index is 2.32. The van der Waals surface area contributed by atoms with E-state index in [1.807, 2.05) is 30.7 Å². The molecule has 0 amide bonds. The molecular weight excluding hydrogens is 306 g/mol. The topological polar surface area (TPSA) is 60.9 Å². The van der Waals surface area contributed by atoms with Gasteiger partial charge in [0.25, 0.3) is 0 Å². The normalized spacial score (nSPS) is 10.7. The predicted octanol–water partition coefficient (Wildman–Crippen LogP) is 2.98. The van der Waals surface area contributed by atoms with Gasteiger partial charge < -0.3 is 5.73 Å². The van der Waals surface area contributed by atoms with E-state index in [2.05, 4.69) is 21.0 Å². The van der Waals surface area contributed by atoms with Crippen molar-refractivity contribution in [1.82, 2.24) is 9.78 Å². The van der Waals surface area contributed by atoms with Crippen molar-refractivity contribution >= 4 is 27.4 Å². The molecule has 2 aromatic rings. The number of aromatic nitrogens is 2. The number of nitrogens with two attached hydrogens (primary N) is 1. The molecule has 0 fully saturated rings. The Labute approximate surface area is 120 Å². The van der Waals surface area contributed by atoms with E-state index < -0.39 is 0 Å². The molecule has 100 valence electrons. The number of Topliss-reactive ketones (excluding diaryl/α,β-unsaturated/α-hetero) is 1. The Morgan fingerprint density at radius 1 is 1.42 bits per heavy atom. The molecule has 1 heterocycles. The molecule has 0 spiro atoms. The van der Waals surface area contributed by atoms with Gasteiger partial charge in [-0.05, 0) is 41.9 Å². The Morgan fingerprint density at radius 2 is 2.11 bits per heavy atom. The summed E-state index contributed by atoms with van der Waals surface area (Å²) in [5.74, 6) is 0.00778. The molecule has 0 bridgehead atoms. The highest BCUT2D eigenvalue weighted by Gasteiger charge is 2.17. The number of anilines is 1. The molecule has 2 N–H and O–H groups in total. The van der Waals surface area contributed by atoms with Gasteiger partial charge in [-0.3, -0.25) is 9.48 Å². The summed E-state index contributed by atoms with van der Waals surface area (Å²) in [6, 6.07) is 7.14. The largest absolute Gasteiger partial charge is 0.398 e. The minimum absolute atomic E-state index is 0.00778. The first-order valence-electron chi connectivity index (χ1n) is 6.14. The van der Waals surface area contributed by atoms with Crippen molar-refractivity contribution in [1.29, 1.82) is 0 Å². The molecule has 0 aliphatic carbocycles. The summed E-state index contributed by atoms with van der Waals surface area (Å²) in [5, 5.41) is 4.38. The van der Waals surface area contributed by atoms with Crippen LogP contribution >= 0.6 is 15.9 Å². The highest BCUT2D eigenvalue weighted by molar-refractivity contribution is 9.10. The monoisotopic (exact) mass is 321 g/mol. The third-order valence-electron chi connectivity index (χ3n) is 3.04. The number of aryl methyl sites for hydroxylation is 2. The van der Waals surface area contributed by atoms with Crippen LogP contribution in [0.2, 0.25) is 0 Å². The average Bonchev–Trinajstić information content (AvgIpc) is 2.67. The van der Waals surface area contributed by atoms with Gasteiger partial charge in [-0.2, -0.15) is 5.10 Å². The van der Waals surface area contributed by atoms with E-state index in [1.165, 1.54) is 0 Å². The van der Waals surface area contributed by atoms with Crippen molar-refractivity contribution in [3.05, 3.63) is 45.7 Å². The first-order chi connectivity index (χ1) is 9.04. The maximum Gasteiger partial charge on any atom is 0.170 e. The van der Waals surface area contributed by atoms with Gasteiger partial charge in [0, 0.05) is 17.8 Å². The standard InChI is InChI=1S/C14H16BrN3O/c1-3-18-12(14(15)9(2)17-18)8-13(19)10-6-4-5-7-11(10)16/h4-7H,3,8,16H2,1-2H3. The van der Waals surface area contributed by atoms with Crippen molar-refractivity contribution in [2.24, 2.45) is 0 Å². The molecule has 1 aromatic carbocycles. The van der Waals surface area contributed by atoms with E-state index in [9.17, 15) is 4.79 Å². The molecule has 2 rings (SSSR count). The Bertz CT molecular complexity index is 619. The van der Waals surface area contributed by atoms with E-state index in [0.717, 1.165) is 22.4 Å². The van der Waals surface area contributed by atoms with Crippen LogP contribution in [0.25, 0.3) is 0 Å². The molecular formula is C14H16BrN3O. The zero-order chi connectivity index (χ0) is 14.0. The van der Waals surface area contributed by atoms with Crippen LogP contribution in [0.1, 0.15) is 28.7 Å². The van der Waals surface area contributed by atoms with Crippen LogP contribution in [-0.2, 0) is 13.0 Å². The second kappa shape index (κ2) is 5.57. The number of rotatable bonds is 4. The number of halogens is 1. The summed E-state index contributed by atoms with van der Waals surface area (Å²) in [6.07, 6.45) is 0.295. The highest BCUT2D eigenvalue weighted by Crippen LogP contribution is 2.23. The lowest BCUT2D eigenvalue weighted by Gasteiger charge is -2.07. The summed E-state index contributed by atoms with van der Waals surface area (Å²) < 4.78 is 2.74. The fourth-order valence-electron chi connectivity index (χ4n) is 2.04. The van der Waals surface area contributed by atoms with Crippen LogP contribution in [0.15, 0.2) is 28.7 Å². The van der Waals surface area contributed by atoms with Gasteiger partial charge >= 0.3 is 0 Å². The molecule has 4 nitrogen and oxygen atoms in total. The predicted molar refractivity (Wildman–Crippen MR) is 79.2 cm³/mol. The number of nitrogens with zero attached hydrogens (tertiary/aromatic N) is 2. The number of benzene rings is 1. The maximum atomic E-state index is 12.3. The molecule has 0 saturated heterocycles. The first-order valence-corrected chi connectivity index (χ1v) is 6.93. The lowest BCUT2D eigenvalue weighted by molar-refractivity contribution is 0.0991. The Kier molecular flexibility index (Phi) is 4.04. The lowest BCUT2D eigenvalue weighted by Crippen LogP contribution is -2.11. The molecule has 5 heteroatoms. The quantitative estimate of drug-likeness (QED) is 0.695. The number of ketones is 1. The van der Waals surface area contributed by atoms with Crippen LogP contribution in [0.3, 0.4) is 0 Å². The summed E-state index contributed by atoms with van der Waals surface area (Å²) in [6.45, 7) is 4.66. The average molecular weight is 322 g/mol. The van der Waals surface area contributed by atoms with E-state index in [4.69, 9.17) is 5.73 Å². The number of para-hydroxylation sites is 1. The summed E-state index contributed by atoms with van der Waals surface area (Å²) >= 11 is 3.49. The molecule has 0 radical (unpaired) electrons. The second-order valence-electron chi connectivity index (χ2n) is 4.35. The van der Waals surface area contributed by atoms with Gasteiger partial charge in [0.1, 0.15) is 0 Å². The number of hydrogen-bond donors (Lipinski definition) is 1. The number of carbonyl (C=O) groups excluding carboxylic acids is 1. The third kappa shape index (κ3) is 2.71. The highest BCUT2D eigenvalue weighted by atomic mass is 79.9. The van der Waals surface area contributed by atoms with Crippen molar-refractivity contribution < 1.29 is 4.79 Å². The molecule has 0 aliphatic rings. The fraction of sp³-hybridized carbons (Fsp3) is 0.286. The van der Waals surface area contributed by atoms with Crippen molar-refractivity contribution in [3.63, 3.8) is 0 Å². The Hall–Kier alpha value is -1.62. The van der Waals surface area contributed by atoms with Gasteiger partial charge in [0.15, 0.2) is 5.78 Å². The smallest absolute Gasteiger partial charge is 0.170 e. The molecule has 0 atom stereocenters. The van der Waals surface area contributed by atoms with E-state index in [1.54, 1.807) is 12.1 Å². The van der Waals surface area contributed by atoms with Crippen molar-refractivity contribution in [3.8, 4) is 0 Å². The number of hydrogen-bond acceptors (Lipinski definition) is 3. The summed E-state index contributed by atoms with van der Waals surface area (Å²) in [4.78, 5) is 12.3. The molecule has 1 aromatic heterocycles. The summed E-state index contributed by atoms with van der Waals surface area (Å²) in [5.41, 5.74) is 8.71. The van der Waals surface area contributed by atoms with E-state index in [0.29, 0.717) is 17.7 Å². The van der Waals surface area contributed by atoms with Crippen LogP contribution in [0.4, 0.5) is 5.69 Å². The fourth-order valence-corrected chi connectivity index (χ4v) is 2.46. The molecule has 0 unspecified atom stereocenters. The molecule has 19 heavy (non-hydrogen) atoms. The number of nitrogen functional groups attached to an aromatic ring is 1.